The van der Waals surface area contributed by atoms with Gasteiger partial charge in [0.1, 0.15) is 6.33 Å². The maximum Gasteiger partial charge on any atom is 0.416 e. The Morgan fingerprint density at radius 3 is 2.88 bits per heavy atom. The Kier molecular flexibility index (Phi) is 4.65. The number of rotatable bonds is 5. The molecule has 7 nitrogen and oxygen atoms in total. The van der Waals surface area contributed by atoms with Gasteiger partial charge in [-0.05, 0) is 6.92 Å². The average molecular weight is 240 g/mol. The largest absolute Gasteiger partial charge is 0.464 e. The van der Waals surface area contributed by atoms with E-state index in [0.717, 1.165) is 4.57 Å². The van der Waals surface area contributed by atoms with Gasteiger partial charge in [0.2, 0.25) is 5.91 Å². The summed E-state index contributed by atoms with van der Waals surface area (Å²) in [7, 11) is 0. The van der Waals surface area contributed by atoms with E-state index in [-0.39, 0.29) is 18.4 Å². The Bertz CT molecular complexity index is 402. The number of carbonyl (C=O) groups excluding carboxylic acids is 1. The molecule has 1 heterocycles. The highest BCUT2D eigenvalue weighted by Gasteiger charge is 2.10. The molecule has 7 heteroatoms. The topological polar surface area (TPSA) is 110 Å². The molecule has 0 aliphatic rings. The first kappa shape index (κ1) is 13.2. The minimum atomic E-state index is -1.08. The second-order valence-corrected chi connectivity index (χ2v) is 3.77. The fourth-order valence-corrected chi connectivity index (χ4v) is 1.42. The lowest BCUT2D eigenvalue weighted by Crippen LogP contribution is -2.35. The molecule has 1 atom stereocenters. The van der Waals surface area contributed by atoms with Crippen LogP contribution in [0.2, 0.25) is 0 Å². The van der Waals surface area contributed by atoms with Crippen molar-refractivity contribution >= 4 is 12.0 Å². The Balaban J connectivity index is 2.47. The number of nitrogens with one attached hydrogen (secondary N) is 1. The Labute approximate surface area is 98.6 Å². The van der Waals surface area contributed by atoms with Crippen molar-refractivity contribution in [2.75, 3.05) is 6.54 Å². The number of imidazole rings is 1. The fraction of sp³-hybridized carbons (Fsp3) is 0.500. The number of amides is 1. The van der Waals surface area contributed by atoms with E-state index in [4.69, 9.17) is 10.8 Å². The van der Waals surface area contributed by atoms with Gasteiger partial charge in [-0.25, -0.2) is 14.3 Å². The van der Waals surface area contributed by atoms with Gasteiger partial charge in [0.15, 0.2) is 0 Å². The molecule has 0 aliphatic carbocycles. The van der Waals surface area contributed by atoms with Crippen LogP contribution in [-0.4, -0.2) is 39.2 Å². The van der Waals surface area contributed by atoms with Gasteiger partial charge in [-0.15, -0.1) is 0 Å². The normalized spacial score (nSPS) is 12.1. The third kappa shape index (κ3) is 4.23. The SMILES string of the molecule is C[C@H](Cc1cn(C(=O)O)cn1)NC(=O)CCN. The molecule has 0 bridgehead atoms. The van der Waals surface area contributed by atoms with Crippen molar-refractivity contribution in [3.05, 3.63) is 18.2 Å². The Hall–Kier alpha value is -1.89. The first-order valence-electron chi connectivity index (χ1n) is 5.28. The molecular weight excluding hydrogens is 224 g/mol. The first-order chi connectivity index (χ1) is 8.02. The number of hydrogen-bond acceptors (Lipinski definition) is 4. The smallest absolute Gasteiger partial charge is 0.416 e. The number of hydrogen-bond donors (Lipinski definition) is 3. The van der Waals surface area contributed by atoms with Gasteiger partial charge in [0, 0.05) is 31.6 Å². The van der Waals surface area contributed by atoms with Gasteiger partial charge in [0.05, 0.1) is 5.69 Å². The van der Waals surface area contributed by atoms with Crippen molar-refractivity contribution in [1.82, 2.24) is 14.9 Å². The third-order valence-corrected chi connectivity index (χ3v) is 2.15. The lowest BCUT2D eigenvalue weighted by Gasteiger charge is -2.11. The maximum atomic E-state index is 11.2. The van der Waals surface area contributed by atoms with Crippen LogP contribution in [-0.2, 0) is 11.2 Å². The summed E-state index contributed by atoms with van der Waals surface area (Å²) in [6.45, 7) is 2.14. The maximum absolute atomic E-state index is 11.2. The van der Waals surface area contributed by atoms with Crippen molar-refractivity contribution in [2.45, 2.75) is 25.8 Å². The molecule has 0 aliphatic heterocycles. The van der Waals surface area contributed by atoms with E-state index in [1.165, 1.54) is 12.5 Å². The molecular formula is C10H16N4O3. The van der Waals surface area contributed by atoms with Crippen LogP contribution >= 0.6 is 0 Å². The summed E-state index contributed by atoms with van der Waals surface area (Å²) in [5.74, 6) is -0.113. The number of nitrogens with two attached hydrogens (primary N) is 1. The quantitative estimate of drug-likeness (QED) is 0.660. The van der Waals surface area contributed by atoms with Crippen LogP contribution < -0.4 is 11.1 Å². The van der Waals surface area contributed by atoms with Crippen LogP contribution in [0.25, 0.3) is 0 Å². The molecule has 0 fully saturated rings. The molecule has 0 unspecified atom stereocenters. The van der Waals surface area contributed by atoms with Crippen molar-refractivity contribution in [2.24, 2.45) is 5.73 Å². The van der Waals surface area contributed by atoms with Gasteiger partial charge in [0.25, 0.3) is 0 Å². The van der Waals surface area contributed by atoms with Crippen molar-refractivity contribution in [1.29, 1.82) is 0 Å². The zero-order valence-corrected chi connectivity index (χ0v) is 9.59. The second-order valence-electron chi connectivity index (χ2n) is 3.77. The van der Waals surface area contributed by atoms with Gasteiger partial charge in [-0.3, -0.25) is 4.79 Å². The fourth-order valence-electron chi connectivity index (χ4n) is 1.42. The van der Waals surface area contributed by atoms with E-state index in [1.807, 2.05) is 6.92 Å². The third-order valence-electron chi connectivity index (χ3n) is 2.15. The van der Waals surface area contributed by atoms with E-state index in [1.54, 1.807) is 0 Å². The standard InChI is InChI=1S/C10H16N4O3/c1-7(13-9(15)2-3-11)4-8-5-14(6-12-8)10(16)17/h5-7H,2-4,11H2,1H3,(H,13,15)(H,16,17)/t7-/m1/s1. The number of carboxylic acid groups (broad SMARTS) is 1. The molecule has 0 radical (unpaired) electrons. The van der Waals surface area contributed by atoms with E-state index in [9.17, 15) is 9.59 Å². The summed E-state index contributed by atoms with van der Waals surface area (Å²) in [6, 6.07) is -0.105. The molecule has 94 valence electrons. The number of nitrogens with zero attached hydrogens (tertiary/aromatic N) is 2. The molecule has 1 aromatic rings. The molecule has 1 aromatic heterocycles. The summed E-state index contributed by atoms with van der Waals surface area (Å²) in [4.78, 5) is 25.8. The summed E-state index contributed by atoms with van der Waals surface area (Å²) in [6.07, 6.45) is 2.34. The monoisotopic (exact) mass is 240 g/mol. The van der Waals surface area contributed by atoms with Gasteiger partial charge in [-0.1, -0.05) is 0 Å². The van der Waals surface area contributed by atoms with Crippen molar-refractivity contribution < 1.29 is 14.7 Å². The van der Waals surface area contributed by atoms with E-state index in [2.05, 4.69) is 10.3 Å². The van der Waals surface area contributed by atoms with Gasteiger partial charge in [-0.2, -0.15) is 0 Å². The molecule has 0 saturated carbocycles. The predicted molar refractivity (Wildman–Crippen MR) is 60.6 cm³/mol. The zero-order valence-electron chi connectivity index (χ0n) is 9.59. The molecule has 17 heavy (non-hydrogen) atoms. The molecule has 0 spiro atoms. The lowest BCUT2D eigenvalue weighted by atomic mass is 10.2. The van der Waals surface area contributed by atoms with E-state index in [0.29, 0.717) is 18.7 Å². The van der Waals surface area contributed by atoms with Crippen molar-refractivity contribution in [3.63, 3.8) is 0 Å². The van der Waals surface area contributed by atoms with Gasteiger partial charge < -0.3 is 16.2 Å². The van der Waals surface area contributed by atoms with Crippen molar-refractivity contribution in [3.8, 4) is 0 Å². The van der Waals surface area contributed by atoms with Crippen LogP contribution in [0.15, 0.2) is 12.5 Å². The average Bonchev–Trinajstić information content (AvgIpc) is 2.66. The van der Waals surface area contributed by atoms with E-state index >= 15 is 0 Å². The molecule has 0 aromatic carbocycles. The molecule has 1 rings (SSSR count). The van der Waals surface area contributed by atoms with Gasteiger partial charge >= 0.3 is 6.09 Å². The molecule has 0 saturated heterocycles. The molecule has 4 N–H and O–H groups in total. The highest BCUT2D eigenvalue weighted by molar-refractivity contribution is 5.76. The van der Waals surface area contributed by atoms with Crippen LogP contribution in [0.5, 0.6) is 0 Å². The summed E-state index contributed by atoms with van der Waals surface area (Å²) < 4.78 is 0.976. The van der Waals surface area contributed by atoms with Crippen LogP contribution in [0.1, 0.15) is 19.0 Å². The zero-order chi connectivity index (χ0) is 12.8. The Morgan fingerprint density at radius 1 is 1.65 bits per heavy atom. The summed E-state index contributed by atoms with van der Waals surface area (Å²) in [5, 5.41) is 11.4. The minimum absolute atomic E-state index is 0.105. The summed E-state index contributed by atoms with van der Waals surface area (Å²) >= 11 is 0. The summed E-state index contributed by atoms with van der Waals surface area (Å²) in [5.41, 5.74) is 5.87. The second kappa shape index (κ2) is 6.00. The van der Waals surface area contributed by atoms with Crippen LogP contribution in [0.4, 0.5) is 4.79 Å². The van der Waals surface area contributed by atoms with Crippen LogP contribution in [0.3, 0.4) is 0 Å². The highest BCUT2D eigenvalue weighted by Crippen LogP contribution is 2.01. The highest BCUT2D eigenvalue weighted by atomic mass is 16.4. The minimum Gasteiger partial charge on any atom is -0.464 e. The van der Waals surface area contributed by atoms with E-state index < -0.39 is 6.09 Å². The number of carbonyl (C=O) groups is 2. The molecule has 1 amide bonds. The lowest BCUT2D eigenvalue weighted by molar-refractivity contribution is -0.121. The Morgan fingerprint density at radius 2 is 2.35 bits per heavy atom. The predicted octanol–water partition coefficient (Wildman–Crippen LogP) is -0.195. The first-order valence-corrected chi connectivity index (χ1v) is 5.28. The number of aromatic nitrogens is 2. The van der Waals surface area contributed by atoms with Crippen LogP contribution in [0, 0.1) is 0 Å².